The van der Waals surface area contributed by atoms with Crippen LogP contribution < -0.4 is 0 Å². The molecule has 0 aliphatic heterocycles. The van der Waals surface area contributed by atoms with E-state index in [-0.39, 0.29) is 0 Å². The average Bonchev–Trinajstić information content (AvgIpc) is 2.62. The molecular formula is C10H8ClN3O. The molecule has 2 aromatic heterocycles. The molecule has 76 valence electrons. The van der Waals surface area contributed by atoms with Crippen molar-refractivity contribution in [1.82, 2.24) is 14.8 Å². The maximum atomic E-state index is 11.0. The third-order valence-corrected chi connectivity index (χ3v) is 2.22. The SMILES string of the molecule is Cc1nn(-c2cccnc2)cc1C(=O)Cl. The maximum absolute atomic E-state index is 11.0. The molecule has 0 saturated heterocycles. The van der Waals surface area contributed by atoms with Crippen LogP contribution in [0.5, 0.6) is 0 Å². The van der Waals surface area contributed by atoms with E-state index >= 15 is 0 Å². The minimum atomic E-state index is -0.498. The zero-order valence-corrected chi connectivity index (χ0v) is 8.77. The molecule has 4 nitrogen and oxygen atoms in total. The molecular weight excluding hydrogens is 214 g/mol. The number of carbonyl (C=O) groups is 1. The van der Waals surface area contributed by atoms with Gasteiger partial charge in [0.1, 0.15) is 0 Å². The number of aromatic nitrogens is 3. The van der Waals surface area contributed by atoms with Crippen molar-refractivity contribution < 1.29 is 4.79 Å². The van der Waals surface area contributed by atoms with Crippen LogP contribution in [0.2, 0.25) is 0 Å². The first kappa shape index (κ1) is 9.86. The Balaban J connectivity index is 2.48. The van der Waals surface area contributed by atoms with Gasteiger partial charge in [0, 0.05) is 12.4 Å². The van der Waals surface area contributed by atoms with Crippen LogP contribution in [0.4, 0.5) is 0 Å². The van der Waals surface area contributed by atoms with E-state index in [4.69, 9.17) is 11.6 Å². The van der Waals surface area contributed by atoms with Crippen molar-refractivity contribution in [3.05, 3.63) is 42.0 Å². The molecule has 5 heteroatoms. The lowest BCUT2D eigenvalue weighted by Gasteiger charge is -1.97. The average molecular weight is 222 g/mol. The van der Waals surface area contributed by atoms with Crippen LogP contribution in [0.3, 0.4) is 0 Å². The molecule has 0 saturated carbocycles. The molecule has 15 heavy (non-hydrogen) atoms. The topological polar surface area (TPSA) is 47.8 Å². The van der Waals surface area contributed by atoms with Crippen molar-refractivity contribution in [2.75, 3.05) is 0 Å². The summed E-state index contributed by atoms with van der Waals surface area (Å²) in [5.41, 5.74) is 1.82. The van der Waals surface area contributed by atoms with Gasteiger partial charge < -0.3 is 0 Å². The van der Waals surface area contributed by atoms with Gasteiger partial charge in [0.15, 0.2) is 0 Å². The third-order valence-electron chi connectivity index (χ3n) is 2.02. The lowest BCUT2D eigenvalue weighted by molar-refractivity contribution is 0.108. The fourth-order valence-electron chi connectivity index (χ4n) is 1.27. The zero-order valence-electron chi connectivity index (χ0n) is 8.01. The molecule has 2 rings (SSSR count). The van der Waals surface area contributed by atoms with Crippen LogP contribution >= 0.6 is 11.6 Å². The lowest BCUT2D eigenvalue weighted by Crippen LogP contribution is -1.94. The molecule has 0 radical (unpaired) electrons. The minimum absolute atomic E-state index is 0.417. The lowest BCUT2D eigenvalue weighted by atomic mass is 10.3. The van der Waals surface area contributed by atoms with E-state index in [1.165, 1.54) is 0 Å². The van der Waals surface area contributed by atoms with Gasteiger partial charge >= 0.3 is 0 Å². The first-order valence-corrected chi connectivity index (χ1v) is 4.73. The first-order valence-electron chi connectivity index (χ1n) is 4.35. The van der Waals surface area contributed by atoms with Crippen LogP contribution in [0.25, 0.3) is 5.69 Å². The van der Waals surface area contributed by atoms with E-state index in [0.29, 0.717) is 11.3 Å². The number of hydrogen-bond acceptors (Lipinski definition) is 3. The Morgan fingerprint density at radius 1 is 1.53 bits per heavy atom. The quantitative estimate of drug-likeness (QED) is 0.729. The number of aryl methyl sites for hydroxylation is 1. The van der Waals surface area contributed by atoms with Gasteiger partial charge in [0.25, 0.3) is 5.24 Å². The highest BCUT2D eigenvalue weighted by molar-refractivity contribution is 6.67. The highest BCUT2D eigenvalue weighted by Gasteiger charge is 2.11. The van der Waals surface area contributed by atoms with Gasteiger partial charge in [-0.25, -0.2) is 4.68 Å². The summed E-state index contributed by atoms with van der Waals surface area (Å²) in [6.45, 7) is 1.74. The molecule has 0 unspecified atom stereocenters. The van der Waals surface area contributed by atoms with Gasteiger partial charge in [-0.05, 0) is 30.7 Å². The van der Waals surface area contributed by atoms with Crippen LogP contribution in [0.1, 0.15) is 16.1 Å². The van der Waals surface area contributed by atoms with Crippen LogP contribution in [0, 0.1) is 6.92 Å². The molecule has 0 spiro atoms. The van der Waals surface area contributed by atoms with Gasteiger partial charge in [-0.3, -0.25) is 9.78 Å². The number of hydrogen-bond donors (Lipinski definition) is 0. The van der Waals surface area contributed by atoms with Crippen molar-refractivity contribution in [2.24, 2.45) is 0 Å². The van der Waals surface area contributed by atoms with Crippen molar-refractivity contribution in [3.63, 3.8) is 0 Å². The molecule has 0 bridgehead atoms. The Morgan fingerprint density at radius 3 is 2.87 bits per heavy atom. The Bertz CT molecular complexity index is 493. The molecule has 0 N–H and O–H groups in total. The highest BCUT2D eigenvalue weighted by Crippen LogP contribution is 2.12. The molecule has 0 aromatic carbocycles. The largest absolute Gasteiger partial charge is 0.275 e. The van der Waals surface area contributed by atoms with Crippen LogP contribution in [-0.4, -0.2) is 20.0 Å². The second kappa shape index (κ2) is 3.82. The molecule has 2 heterocycles. The van der Waals surface area contributed by atoms with Crippen LogP contribution in [-0.2, 0) is 0 Å². The molecule has 0 aliphatic carbocycles. The summed E-state index contributed by atoms with van der Waals surface area (Å²) >= 11 is 5.40. The highest BCUT2D eigenvalue weighted by atomic mass is 35.5. The Kier molecular flexibility index (Phi) is 2.51. The predicted octanol–water partition coefficient (Wildman–Crippen LogP) is 1.95. The van der Waals surface area contributed by atoms with Crippen molar-refractivity contribution in [1.29, 1.82) is 0 Å². The summed E-state index contributed by atoms with van der Waals surface area (Å²) in [5.74, 6) is 0. The predicted molar refractivity (Wildman–Crippen MR) is 56.3 cm³/mol. The molecule has 2 aromatic rings. The van der Waals surface area contributed by atoms with E-state index < -0.39 is 5.24 Å². The fraction of sp³-hybridized carbons (Fsp3) is 0.100. The van der Waals surface area contributed by atoms with Gasteiger partial charge in [-0.15, -0.1) is 0 Å². The summed E-state index contributed by atoms with van der Waals surface area (Å²) in [6, 6.07) is 3.65. The molecule has 0 fully saturated rings. The maximum Gasteiger partial charge on any atom is 0.255 e. The van der Waals surface area contributed by atoms with E-state index in [1.807, 2.05) is 6.07 Å². The fourth-order valence-corrected chi connectivity index (χ4v) is 1.46. The monoisotopic (exact) mass is 221 g/mol. The van der Waals surface area contributed by atoms with E-state index in [1.54, 1.807) is 36.3 Å². The summed E-state index contributed by atoms with van der Waals surface area (Å²) in [6.07, 6.45) is 4.93. The summed E-state index contributed by atoms with van der Waals surface area (Å²) in [5, 5.41) is 3.68. The number of nitrogens with zero attached hydrogens (tertiary/aromatic N) is 3. The number of pyridine rings is 1. The minimum Gasteiger partial charge on any atom is -0.275 e. The smallest absolute Gasteiger partial charge is 0.255 e. The van der Waals surface area contributed by atoms with Gasteiger partial charge in [0.05, 0.1) is 23.1 Å². The standard InChI is InChI=1S/C10H8ClN3O/c1-7-9(10(11)15)6-14(13-7)8-3-2-4-12-5-8/h2-6H,1H3. The van der Waals surface area contributed by atoms with E-state index in [9.17, 15) is 4.79 Å². The van der Waals surface area contributed by atoms with Gasteiger partial charge in [-0.1, -0.05) is 0 Å². The Morgan fingerprint density at radius 2 is 2.33 bits per heavy atom. The molecule has 0 amide bonds. The van der Waals surface area contributed by atoms with Gasteiger partial charge in [0.2, 0.25) is 0 Å². The third kappa shape index (κ3) is 1.89. The van der Waals surface area contributed by atoms with Crippen molar-refractivity contribution >= 4 is 16.8 Å². The second-order valence-corrected chi connectivity index (χ2v) is 3.40. The number of rotatable bonds is 2. The van der Waals surface area contributed by atoms with Gasteiger partial charge in [-0.2, -0.15) is 5.10 Å². The normalized spacial score (nSPS) is 10.3. The van der Waals surface area contributed by atoms with Crippen molar-refractivity contribution in [3.8, 4) is 5.69 Å². The summed E-state index contributed by atoms with van der Waals surface area (Å²) < 4.78 is 1.58. The zero-order chi connectivity index (χ0) is 10.8. The molecule has 0 aliphatic rings. The second-order valence-electron chi connectivity index (χ2n) is 3.06. The summed E-state index contributed by atoms with van der Waals surface area (Å²) in [7, 11) is 0. The molecule has 0 atom stereocenters. The number of carbonyl (C=O) groups excluding carboxylic acids is 1. The first-order chi connectivity index (χ1) is 7.18. The summed E-state index contributed by atoms with van der Waals surface area (Å²) in [4.78, 5) is 15.0. The Hall–Kier alpha value is -1.68. The number of halogens is 1. The Labute approximate surface area is 91.5 Å². The van der Waals surface area contributed by atoms with Crippen molar-refractivity contribution in [2.45, 2.75) is 6.92 Å². The van der Waals surface area contributed by atoms with Crippen LogP contribution in [0.15, 0.2) is 30.7 Å². The van der Waals surface area contributed by atoms with E-state index in [2.05, 4.69) is 10.1 Å². The van der Waals surface area contributed by atoms with E-state index in [0.717, 1.165) is 5.69 Å².